The molecule has 1 aliphatic carbocycles. The van der Waals surface area contributed by atoms with Gasteiger partial charge in [-0.05, 0) is 49.1 Å². The summed E-state index contributed by atoms with van der Waals surface area (Å²) < 4.78 is 5.08. The van der Waals surface area contributed by atoms with Crippen molar-refractivity contribution in [1.82, 2.24) is 0 Å². The van der Waals surface area contributed by atoms with E-state index in [-0.39, 0.29) is 0 Å². The van der Waals surface area contributed by atoms with Gasteiger partial charge in [-0.25, -0.2) is 0 Å². The second-order valence-electron chi connectivity index (χ2n) is 5.07. The molecule has 1 aliphatic rings. The summed E-state index contributed by atoms with van der Waals surface area (Å²) in [4.78, 5) is 0. The van der Waals surface area contributed by atoms with Crippen molar-refractivity contribution in [2.24, 2.45) is 11.7 Å². The third-order valence-electron chi connectivity index (χ3n) is 3.88. The quantitative estimate of drug-likeness (QED) is 0.793. The Morgan fingerprint density at radius 1 is 1.35 bits per heavy atom. The summed E-state index contributed by atoms with van der Waals surface area (Å²) in [6, 6.07) is 9.11. The molecule has 0 spiro atoms. The Morgan fingerprint density at radius 3 is 2.88 bits per heavy atom. The lowest BCUT2D eigenvalue weighted by atomic mass is 9.79. The minimum absolute atomic E-state index is 0.332. The Labute approximate surface area is 104 Å². The second kappa shape index (κ2) is 6.18. The number of methoxy groups -OCH3 is 1. The fraction of sp³-hybridized carbons (Fsp3) is 0.600. The topological polar surface area (TPSA) is 35.2 Å². The van der Waals surface area contributed by atoms with Crippen LogP contribution in [-0.4, -0.2) is 19.8 Å². The smallest absolute Gasteiger partial charge is 0.0462 e. The van der Waals surface area contributed by atoms with Crippen LogP contribution in [0.5, 0.6) is 0 Å². The Balaban J connectivity index is 1.88. The molecule has 2 unspecified atom stereocenters. The molecule has 94 valence electrons. The van der Waals surface area contributed by atoms with Crippen LogP contribution in [-0.2, 0) is 17.6 Å². The monoisotopic (exact) mass is 233 g/mol. The van der Waals surface area contributed by atoms with Gasteiger partial charge in [0.1, 0.15) is 0 Å². The largest absolute Gasteiger partial charge is 0.385 e. The first-order chi connectivity index (χ1) is 8.31. The lowest BCUT2D eigenvalue weighted by Crippen LogP contribution is -2.34. The molecule has 0 saturated carbocycles. The number of nitrogens with two attached hydrogens (primary N) is 1. The molecule has 0 bridgehead atoms. The lowest BCUT2D eigenvalue weighted by molar-refractivity contribution is 0.186. The first-order valence-corrected chi connectivity index (χ1v) is 6.62. The summed E-state index contributed by atoms with van der Waals surface area (Å²) in [5, 5.41) is 0. The Kier molecular flexibility index (Phi) is 4.57. The van der Waals surface area contributed by atoms with Crippen LogP contribution in [0.3, 0.4) is 0 Å². The standard InChI is InChI=1S/C15H23NO/c1-17-10-4-7-15(16)14-9-8-12-5-2-3-6-13(12)11-14/h2-3,5-6,14-15H,4,7-11,16H2,1H3. The van der Waals surface area contributed by atoms with Gasteiger partial charge in [0.15, 0.2) is 0 Å². The molecule has 0 saturated heterocycles. The predicted octanol–water partition coefficient (Wildman–Crippen LogP) is 2.55. The average molecular weight is 233 g/mol. The zero-order valence-corrected chi connectivity index (χ0v) is 10.7. The Morgan fingerprint density at radius 2 is 2.12 bits per heavy atom. The highest BCUT2D eigenvalue weighted by Gasteiger charge is 2.23. The average Bonchev–Trinajstić information content (AvgIpc) is 2.38. The highest BCUT2D eigenvalue weighted by atomic mass is 16.5. The molecular formula is C15H23NO. The van der Waals surface area contributed by atoms with Gasteiger partial charge in [-0.1, -0.05) is 24.3 Å². The SMILES string of the molecule is COCCCC(N)C1CCc2ccccc2C1. The third-order valence-corrected chi connectivity index (χ3v) is 3.88. The van der Waals surface area contributed by atoms with Crippen LogP contribution in [0.4, 0.5) is 0 Å². The maximum atomic E-state index is 6.29. The van der Waals surface area contributed by atoms with Crippen LogP contribution < -0.4 is 5.73 Å². The van der Waals surface area contributed by atoms with Crippen LogP contribution in [0, 0.1) is 5.92 Å². The van der Waals surface area contributed by atoms with E-state index in [0.29, 0.717) is 12.0 Å². The molecule has 2 heteroatoms. The first-order valence-electron chi connectivity index (χ1n) is 6.62. The lowest BCUT2D eigenvalue weighted by Gasteiger charge is -2.29. The number of rotatable bonds is 5. The van der Waals surface area contributed by atoms with Gasteiger partial charge in [-0.3, -0.25) is 0 Å². The molecule has 0 amide bonds. The first kappa shape index (κ1) is 12.6. The molecule has 1 aromatic rings. The van der Waals surface area contributed by atoms with Crippen LogP contribution in [0.1, 0.15) is 30.4 Å². The molecule has 17 heavy (non-hydrogen) atoms. The van der Waals surface area contributed by atoms with Crippen LogP contribution in [0.15, 0.2) is 24.3 Å². The maximum absolute atomic E-state index is 6.29. The van der Waals surface area contributed by atoms with Gasteiger partial charge in [0.05, 0.1) is 0 Å². The van der Waals surface area contributed by atoms with Crippen molar-refractivity contribution >= 4 is 0 Å². The summed E-state index contributed by atoms with van der Waals surface area (Å²) in [5.41, 5.74) is 9.32. The van der Waals surface area contributed by atoms with Crippen LogP contribution in [0.25, 0.3) is 0 Å². The van der Waals surface area contributed by atoms with Crippen molar-refractivity contribution in [2.75, 3.05) is 13.7 Å². The summed E-state index contributed by atoms with van der Waals surface area (Å²) in [7, 11) is 1.75. The van der Waals surface area contributed by atoms with Crippen molar-refractivity contribution < 1.29 is 4.74 Å². The zero-order chi connectivity index (χ0) is 12.1. The Hall–Kier alpha value is -0.860. The normalized spacial score (nSPS) is 20.9. The predicted molar refractivity (Wildman–Crippen MR) is 71.0 cm³/mol. The summed E-state index contributed by atoms with van der Waals surface area (Å²) in [6.07, 6.45) is 5.75. The van der Waals surface area contributed by atoms with E-state index in [1.54, 1.807) is 7.11 Å². The van der Waals surface area contributed by atoms with Gasteiger partial charge in [0.25, 0.3) is 0 Å². The molecule has 0 fully saturated rings. The van der Waals surface area contributed by atoms with E-state index < -0.39 is 0 Å². The fourth-order valence-electron chi connectivity index (χ4n) is 2.79. The van der Waals surface area contributed by atoms with Crippen LogP contribution in [0.2, 0.25) is 0 Å². The fourth-order valence-corrected chi connectivity index (χ4v) is 2.79. The van der Waals surface area contributed by atoms with Gasteiger partial charge in [0.2, 0.25) is 0 Å². The van der Waals surface area contributed by atoms with E-state index in [1.165, 1.54) is 24.0 Å². The van der Waals surface area contributed by atoms with Gasteiger partial charge < -0.3 is 10.5 Å². The molecule has 0 aromatic heterocycles. The van der Waals surface area contributed by atoms with Gasteiger partial charge in [0, 0.05) is 19.8 Å². The van der Waals surface area contributed by atoms with Crippen LogP contribution >= 0.6 is 0 Å². The highest BCUT2D eigenvalue weighted by Crippen LogP contribution is 2.28. The van der Waals surface area contributed by atoms with Crippen molar-refractivity contribution in [2.45, 2.75) is 38.1 Å². The third kappa shape index (κ3) is 3.30. The number of aryl methyl sites for hydroxylation is 1. The molecular weight excluding hydrogens is 210 g/mol. The van der Waals surface area contributed by atoms with Gasteiger partial charge in [-0.2, -0.15) is 0 Å². The summed E-state index contributed by atoms with van der Waals surface area (Å²) >= 11 is 0. The second-order valence-corrected chi connectivity index (χ2v) is 5.07. The molecule has 2 rings (SSSR count). The van der Waals surface area contributed by atoms with Crippen molar-refractivity contribution in [3.8, 4) is 0 Å². The van der Waals surface area contributed by atoms with E-state index in [1.807, 2.05) is 0 Å². The molecule has 2 atom stereocenters. The Bertz CT molecular complexity index is 351. The number of ether oxygens (including phenoxy) is 1. The summed E-state index contributed by atoms with van der Waals surface area (Å²) in [5.74, 6) is 0.654. The number of hydrogen-bond acceptors (Lipinski definition) is 2. The van der Waals surface area contributed by atoms with Gasteiger partial charge >= 0.3 is 0 Å². The highest BCUT2D eigenvalue weighted by molar-refractivity contribution is 5.29. The van der Waals surface area contributed by atoms with Crippen molar-refractivity contribution in [3.05, 3.63) is 35.4 Å². The molecule has 2 nitrogen and oxygen atoms in total. The van der Waals surface area contributed by atoms with E-state index in [4.69, 9.17) is 10.5 Å². The van der Waals surface area contributed by atoms with E-state index in [2.05, 4.69) is 24.3 Å². The summed E-state index contributed by atoms with van der Waals surface area (Å²) in [6.45, 7) is 0.830. The van der Waals surface area contributed by atoms with Crippen molar-refractivity contribution in [1.29, 1.82) is 0 Å². The molecule has 2 N–H and O–H groups in total. The number of hydrogen-bond donors (Lipinski definition) is 1. The number of fused-ring (bicyclic) bond motifs is 1. The van der Waals surface area contributed by atoms with E-state index >= 15 is 0 Å². The number of benzene rings is 1. The molecule has 1 aromatic carbocycles. The van der Waals surface area contributed by atoms with Gasteiger partial charge in [-0.15, -0.1) is 0 Å². The molecule has 0 radical (unpaired) electrons. The minimum atomic E-state index is 0.332. The zero-order valence-electron chi connectivity index (χ0n) is 10.7. The van der Waals surface area contributed by atoms with Crippen molar-refractivity contribution in [3.63, 3.8) is 0 Å². The molecule has 0 heterocycles. The molecule has 0 aliphatic heterocycles. The minimum Gasteiger partial charge on any atom is -0.385 e. The van der Waals surface area contributed by atoms with E-state index in [9.17, 15) is 0 Å². The van der Waals surface area contributed by atoms with E-state index in [0.717, 1.165) is 25.9 Å². The maximum Gasteiger partial charge on any atom is 0.0462 e.